The van der Waals surface area contributed by atoms with Crippen LogP contribution in [0.1, 0.15) is 31.2 Å². The largest absolute Gasteiger partial charge is 0.376 e. The number of carbonyl (C=O) groups excluding carboxylic acids is 1. The predicted octanol–water partition coefficient (Wildman–Crippen LogP) is 2.19. The summed E-state index contributed by atoms with van der Waals surface area (Å²) in [6, 6.07) is 10.7. The summed E-state index contributed by atoms with van der Waals surface area (Å²) in [5, 5.41) is 3.40. The molecule has 22 heavy (non-hydrogen) atoms. The number of hydrogen-bond donors (Lipinski definition) is 1. The molecular weight excluding hydrogens is 276 g/mol. The van der Waals surface area contributed by atoms with Crippen molar-refractivity contribution in [1.82, 2.24) is 10.2 Å². The molecule has 1 aromatic carbocycles. The highest BCUT2D eigenvalue weighted by Crippen LogP contribution is 2.19. The van der Waals surface area contributed by atoms with E-state index in [-0.39, 0.29) is 0 Å². The van der Waals surface area contributed by atoms with Gasteiger partial charge in [-0.2, -0.15) is 0 Å². The minimum absolute atomic E-state index is 0.310. The Kier molecular flexibility index (Phi) is 5.46. The topological polar surface area (TPSA) is 41.6 Å². The van der Waals surface area contributed by atoms with Crippen molar-refractivity contribution in [3.8, 4) is 0 Å². The van der Waals surface area contributed by atoms with Crippen LogP contribution in [-0.2, 0) is 16.1 Å². The summed E-state index contributed by atoms with van der Waals surface area (Å²) in [6.07, 6.45) is 4.08. The zero-order valence-corrected chi connectivity index (χ0v) is 13.2. The third-order valence-electron chi connectivity index (χ3n) is 4.69. The van der Waals surface area contributed by atoms with Crippen molar-refractivity contribution in [2.24, 2.45) is 5.92 Å². The van der Waals surface area contributed by atoms with Crippen molar-refractivity contribution in [2.45, 2.75) is 38.3 Å². The Morgan fingerprint density at radius 2 is 2.14 bits per heavy atom. The van der Waals surface area contributed by atoms with Crippen LogP contribution in [0.3, 0.4) is 0 Å². The molecule has 1 amide bonds. The molecule has 2 atom stereocenters. The fraction of sp³-hybridized carbons (Fsp3) is 0.611. The summed E-state index contributed by atoms with van der Waals surface area (Å²) < 4.78 is 5.81. The highest BCUT2D eigenvalue weighted by Gasteiger charge is 2.28. The van der Waals surface area contributed by atoms with Crippen LogP contribution < -0.4 is 5.32 Å². The van der Waals surface area contributed by atoms with Crippen LogP contribution >= 0.6 is 0 Å². The van der Waals surface area contributed by atoms with Crippen LogP contribution in [0.15, 0.2) is 30.3 Å². The number of likely N-dealkylation sites (tertiary alicyclic amines) is 1. The van der Waals surface area contributed by atoms with Crippen LogP contribution in [0.2, 0.25) is 0 Å². The molecule has 4 nitrogen and oxygen atoms in total. The lowest BCUT2D eigenvalue weighted by atomic mass is 10.1. The van der Waals surface area contributed by atoms with E-state index in [2.05, 4.69) is 17.4 Å². The van der Waals surface area contributed by atoms with Gasteiger partial charge in [0.2, 0.25) is 5.91 Å². The SMILES string of the molecule is O=C(CC1CCCN1)N1CCC(COCc2ccccc2)C1. The Labute approximate surface area is 132 Å². The fourth-order valence-corrected chi connectivity index (χ4v) is 3.38. The van der Waals surface area contributed by atoms with E-state index in [9.17, 15) is 4.79 Å². The number of hydrogen-bond acceptors (Lipinski definition) is 3. The molecular formula is C18H26N2O2. The Bertz CT molecular complexity index is 471. The third kappa shape index (κ3) is 4.31. The van der Waals surface area contributed by atoms with Crippen molar-refractivity contribution in [3.63, 3.8) is 0 Å². The quantitative estimate of drug-likeness (QED) is 0.876. The average molecular weight is 302 g/mol. The molecule has 2 heterocycles. The van der Waals surface area contributed by atoms with Gasteiger partial charge in [-0.05, 0) is 31.4 Å². The van der Waals surface area contributed by atoms with E-state index in [1.165, 1.54) is 12.0 Å². The Morgan fingerprint density at radius 3 is 2.91 bits per heavy atom. The van der Waals surface area contributed by atoms with Gasteiger partial charge < -0.3 is 15.0 Å². The van der Waals surface area contributed by atoms with Crippen molar-refractivity contribution in [1.29, 1.82) is 0 Å². The van der Waals surface area contributed by atoms with Crippen LogP contribution in [0.5, 0.6) is 0 Å². The molecule has 1 N–H and O–H groups in total. The fourth-order valence-electron chi connectivity index (χ4n) is 3.38. The zero-order chi connectivity index (χ0) is 15.2. The van der Waals surface area contributed by atoms with Crippen LogP contribution in [-0.4, -0.2) is 43.1 Å². The predicted molar refractivity (Wildman–Crippen MR) is 86.4 cm³/mol. The summed E-state index contributed by atoms with van der Waals surface area (Å²) in [4.78, 5) is 14.3. The van der Waals surface area contributed by atoms with E-state index in [0.717, 1.165) is 39.1 Å². The number of rotatable bonds is 6. The van der Waals surface area contributed by atoms with Gasteiger partial charge in [-0.25, -0.2) is 0 Å². The van der Waals surface area contributed by atoms with Crippen molar-refractivity contribution >= 4 is 5.91 Å². The average Bonchev–Trinajstić information content (AvgIpc) is 3.20. The summed E-state index contributed by atoms with van der Waals surface area (Å²) >= 11 is 0. The molecule has 2 aliphatic rings. The molecule has 0 bridgehead atoms. The lowest BCUT2D eigenvalue weighted by molar-refractivity contribution is -0.130. The van der Waals surface area contributed by atoms with Crippen molar-refractivity contribution in [3.05, 3.63) is 35.9 Å². The molecule has 120 valence electrons. The maximum absolute atomic E-state index is 12.3. The van der Waals surface area contributed by atoms with Gasteiger partial charge in [0.05, 0.1) is 13.2 Å². The van der Waals surface area contributed by atoms with Gasteiger partial charge in [0, 0.05) is 31.5 Å². The van der Waals surface area contributed by atoms with E-state index in [0.29, 0.717) is 30.9 Å². The number of amides is 1. The lowest BCUT2D eigenvalue weighted by Crippen LogP contribution is -2.34. The van der Waals surface area contributed by atoms with Crippen molar-refractivity contribution in [2.75, 3.05) is 26.2 Å². The maximum Gasteiger partial charge on any atom is 0.224 e. The molecule has 0 radical (unpaired) electrons. The molecule has 2 saturated heterocycles. The highest BCUT2D eigenvalue weighted by atomic mass is 16.5. The molecule has 0 saturated carbocycles. The standard InChI is InChI=1S/C18H26N2O2/c21-18(11-17-7-4-9-19-17)20-10-8-16(12-20)14-22-13-15-5-2-1-3-6-15/h1-3,5-6,16-17,19H,4,7-14H2. The highest BCUT2D eigenvalue weighted by molar-refractivity contribution is 5.77. The first kappa shape index (κ1) is 15.5. The van der Waals surface area contributed by atoms with Gasteiger partial charge in [-0.1, -0.05) is 30.3 Å². The molecule has 2 fully saturated rings. The first-order chi connectivity index (χ1) is 10.8. The first-order valence-corrected chi connectivity index (χ1v) is 8.44. The summed E-state index contributed by atoms with van der Waals surface area (Å²) in [6.45, 7) is 4.23. The maximum atomic E-state index is 12.3. The zero-order valence-electron chi connectivity index (χ0n) is 13.2. The number of nitrogens with zero attached hydrogens (tertiary/aromatic N) is 1. The Balaban J connectivity index is 1.35. The van der Waals surface area contributed by atoms with Crippen molar-refractivity contribution < 1.29 is 9.53 Å². The Morgan fingerprint density at radius 1 is 1.27 bits per heavy atom. The minimum Gasteiger partial charge on any atom is -0.376 e. The number of nitrogens with one attached hydrogen (secondary N) is 1. The van der Waals surface area contributed by atoms with Crippen LogP contribution in [0.25, 0.3) is 0 Å². The van der Waals surface area contributed by atoms with E-state index in [4.69, 9.17) is 4.74 Å². The monoisotopic (exact) mass is 302 g/mol. The second-order valence-electron chi connectivity index (χ2n) is 6.49. The smallest absolute Gasteiger partial charge is 0.224 e. The van der Waals surface area contributed by atoms with Gasteiger partial charge in [-0.15, -0.1) is 0 Å². The van der Waals surface area contributed by atoms with Crippen LogP contribution in [0, 0.1) is 5.92 Å². The number of ether oxygens (including phenoxy) is 1. The lowest BCUT2D eigenvalue weighted by Gasteiger charge is -2.19. The van der Waals surface area contributed by atoms with Gasteiger partial charge in [0.15, 0.2) is 0 Å². The summed E-state index contributed by atoms with van der Waals surface area (Å²) in [5.41, 5.74) is 1.21. The Hall–Kier alpha value is -1.39. The molecule has 1 aromatic rings. The van der Waals surface area contributed by atoms with Gasteiger partial charge in [0.1, 0.15) is 0 Å². The molecule has 0 aromatic heterocycles. The molecule has 2 unspecified atom stereocenters. The molecule has 2 aliphatic heterocycles. The summed E-state index contributed by atoms with van der Waals surface area (Å²) in [7, 11) is 0. The van der Waals surface area contributed by atoms with E-state index >= 15 is 0 Å². The van der Waals surface area contributed by atoms with Gasteiger partial charge >= 0.3 is 0 Å². The molecule has 0 aliphatic carbocycles. The second-order valence-corrected chi connectivity index (χ2v) is 6.49. The normalized spacial score (nSPS) is 24.8. The van der Waals surface area contributed by atoms with E-state index < -0.39 is 0 Å². The molecule has 3 rings (SSSR count). The van der Waals surface area contributed by atoms with Gasteiger partial charge in [-0.3, -0.25) is 4.79 Å². The van der Waals surface area contributed by atoms with E-state index in [1.54, 1.807) is 0 Å². The third-order valence-corrected chi connectivity index (χ3v) is 4.69. The minimum atomic E-state index is 0.310. The number of carbonyl (C=O) groups is 1. The summed E-state index contributed by atoms with van der Waals surface area (Å²) in [5.74, 6) is 0.800. The van der Waals surface area contributed by atoms with E-state index in [1.807, 2.05) is 23.1 Å². The molecule has 4 heteroatoms. The molecule has 0 spiro atoms. The van der Waals surface area contributed by atoms with Gasteiger partial charge in [0.25, 0.3) is 0 Å². The van der Waals surface area contributed by atoms with Crippen LogP contribution in [0.4, 0.5) is 0 Å². The number of benzene rings is 1. The second kappa shape index (κ2) is 7.75. The first-order valence-electron chi connectivity index (χ1n) is 8.44.